The van der Waals surface area contributed by atoms with Crippen LogP contribution in [0.5, 0.6) is 5.75 Å². The quantitative estimate of drug-likeness (QED) is 0.363. The molecule has 3 aromatic heterocycles. The van der Waals surface area contributed by atoms with Crippen molar-refractivity contribution in [2.24, 2.45) is 0 Å². The molecule has 0 unspecified atom stereocenters. The van der Waals surface area contributed by atoms with Crippen molar-refractivity contribution in [2.45, 2.75) is 46.1 Å². The van der Waals surface area contributed by atoms with Gasteiger partial charge in [0.1, 0.15) is 34.0 Å². The summed E-state index contributed by atoms with van der Waals surface area (Å²) in [6, 6.07) is 5.72. The zero-order chi connectivity index (χ0) is 26.1. The standard InChI is InChI=1S/C24H25FN4O6S/c1-13(2)35-18(16-10-15(25)6-7-17(16)34-4)11-28-23-20(21(32)27(24(28)33)12-19(30)31)14(3)22(36-23)29-9-5-8-26-29/h5-10,13,18H,11-12H2,1-4H3,(H,30,31)/t18-/m0/s1. The number of carboxylic acid groups (broad SMARTS) is 1. The molecule has 0 aliphatic heterocycles. The minimum atomic E-state index is -1.33. The fourth-order valence-electron chi connectivity index (χ4n) is 4.09. The van der Waals surface area contributed by atoms with Crippen LogP contribution >= 0.6 is 11.3 Å². The third kappa shape index (κ3) is 4.69. The van der Waals surface area contributed by atoms with Crippen LogP contribution in [0.1, 0.15) is 31.1 Å². The Labute approximate surface area is 208 Å². The van der Waals surface area contributed by atoms with Crippen LogP contribution in [0.2, 0.25) is 0 Å². The van der Waals surface area contributed by atoms with Crippen molar-refractivity contribution >= 4 is 27.5 Å². The van der Waals surface area contributed by atoms with E-state index in [9.17, 15) is 23.9 Å². The summed E-state index contributed by atoms with van der Waals surface area (Å²) in [6.45, 7) is 4.39. The summed E-state index contributed by atoms with van der Waals surface area (Å²) in [5, 5.41) is 14.4. The molecule has 0 bridgehead atoms. The molecule has 0 spiro atoms. The first-order valence-corrected chi connectivity index (χ1v) is 11.9. The second-order valence-electron chi connectivity index (χ2n) is 8.40. The Kier molecular flexibility index (Phi) is 7.09. The molecule has 0 fully saturated rings. The lowest BCUT2D eigenvalue weighted by Crippen LogP contribution is -2.42. The number of aliphatic carboxylic acids is 1. The molecule has 0 aliphatic rings. The molecule has 3 heterocycles. The van der Waals surface area contributed by atoms with Gasteiger partial charge in [-0.15, -0.1) is 0 Å². The van der Waals surface area contributed by atoms with Gasteiger partial charge in [-0.25, -0.2) is 18.4 Å². The number of hydrogen-bond acceptors (Lipinski definition) is 7. The van der Waals surface area contributed by atoms with Gasteiger partial charge in [-0.3, -0.25) is 14.2 Å². The highest BCUT2D eigenvalue weighted by molar-refractivity contribution is 7.21. The molecule has 36 heavy (non-hydrogen) atoms. The summed E-state index contributed by atoms with van der Waals surface area (Å²) in [5.74, 6) is -1.48. The van der Waals surface area contributed by atoms with Gasteiger partial charge in [0.2, 0.25) is 0 Å². The second-order valence-corrected chi connectivity index (χ2v) is 9.38. The predicted molar refractivity (Wildman–Crippen MR) is 132 cm³/mol. The summed E-state index contributed by atoms with van der Waals surface area (Å²) in [4.78, 5) is 38.6. The molecule has 4 aromatic rings. The molecule has 12 heteroatoms. The molecule has 190 valence electrons. The lowest BCUT2D eigenvalue weighted by molar-refractivity contribution is -0.137. The van der Waals surface area contributed by atoms with Crippen LogP contribution in [-0.4, -0.2) is 43.2 Å². The number of nitrogens with zero attached hydrogens (tertiary/aromatic N) is 4. The van der Waals surface area contributed by atoms with E-state index in [1.807, 2.05) is 0 Å². The summed E-state index contributed by atoms with van der Waals surface area (Å²) in [5.41, 5.74) is -0.578. The normalized spacial score (nSPS) is 12.4. The summed E-state index contributed by atoms with van der Waals surface area (Å²) >= 11 is 1.18. The summed E-state index contributed by atoms with van der Waals surface area (Å²) in [6.07, 6.45) is 2.15. The largest absolute Gasteiger partial charge is 0.496 e. The van der Waals surface area contributed by atoms with Crippen LogP contribution < -0.4 is 16.0 Å². The Morgan fingerprint density at radius 1 is 1.25 bits per heavy atom. The zero-order valence-electron chi connectivity index (χ0n) is 20.1. The van der Waals surface area contributed by atoms with Crippen molar-refractivity contribution in [3.63, 3.8) is 0 Å². The molecular formula is C24H25FN4O6S. The maximum absolute atomic E-state index is 14.2. The van der Waals surface area contributed by atoms with Gasteiger partial charge >= 0.3 is 11.7 Å². The summed E-state index contributed by atoms with van der Waals surface area (Å²) in [7, 11) is 1.44. The van der Waals surface area contributed by atoms with Crippen molar-refractivity contribution in [2.75, 3.05) is 7.11 Å². The van der Waals surface area contributed by atoms with Crippen LogP contribution in [0, 0.1) is 12.7 Å². The SMILES string of the molecule is COc1ccc(F)cc1[C@H](Cn1c(=O)n(CC(=O)O)c(=O)c2c(C)c(-n3cccn3)sc21)OC(C)C. The maximum atomic E-state index is 14.2. The van der Waals surface area contributed by atoms with Gasteiger partial charge in [0.15, 0.2) is 0 Å². The number of thiophene rings is 1. The number of aromatic nitrogens is 4. The number of methoxy groups -OCH3 is 1. The number of fused-ring (bicyclic) bond motifs is 1. The lowest BCUT2D eigenvalue weighted by Gasteiger charge is -2.24. The number of halogens is 1. The van der Waals surface area contributed by atoms with Crippen molar-refractivity contribution in [3.8, 4) is 10.8 Å². The van der Waals surface area contributed by atoms with Crippen LogP contribution in [-0.2, 0) is 22.6 Å². The zero-order valence-corrected chi connectivity index (χ0v) is 20.9. The third-order valence-corrected chi connectivity index (χ3v) is 6.90. The Balaban J connectivity index is 2.00. The van der Waals surface area contributed by atoms with Gasteiger partial charge in [-0.1, -0.05) is 11.3 Å². The van der Waals surface area contributed by atoms with E-state index in [0.29, 0.717) is 31.3 Å². The molecule has 0 saturated heterocycles. The van der Waals surface area contributed by atoms with E-state index in [0.717, 1.165) is 0 Å². The highest BCUT2D eigenvalue weighted by Crippen LogP contribution is 2.34. The molecule has 0 radical (unpaired) electrons. The number of benzene rings is 1. The smallest absolute Gasteiger partial charge is 0.332 e. The van der Waals surface area contributed by atoms with Crippen LogP contribution in [0.4, 0.5) is 4.39 Å². The van der Waals surface area contributed by atoms with Crippen molar-refractivity contribution in [3.05, 3.63) is 74.4 Å². The molecule has 4 rings (SSSR count). The van der Waals surface area contributed by atoms with E-state index >= 15 is 0 Å². The van der Waals surface area contributed by atoms with E-state index in [1.165, 1.54) is 41.2 Å². The average Bonchev–Trinajstić information content (AvgIpc) is 3.46. The van der Waals surface area contributed by atoms with E-state index in [2.05, 4.69) is 5.10 Å². The maximum Gasteiger partial charge on any atom is 0.332 e. The molecular weight excluding hydrogens is 491 g/mol. The highest BCUT2D eigenvalue weighted by Gasteiger charge is 2.26. The van der Waals surface area contributed by atoms with Gasteiger partial charge in [-0.05, 0) is 45.0 Å². The Bertz CT molecular complexity index is 1540. The first kappa shape index (κ1) is 25.3. The van der Waals surface area contributed by atoms with E-state index in [4.69, 9.17) is 9.47 Å². The predicted octanol–water partition coefficient (Wildman–Crippen LogP) is 3.12. The number of carboxylic acids is 1. The Morgan fingerprint density at radius 2 is 2.00 bits per heavy atom. The fourth-order valence-corrected chi connectivity index (χ4v) is 5.34. The second kappa shape index (κ2) is 10.1. The molecule has 1 N–H and O–H groups in total. The van der Waals surface area contributed by atoms with E-state index in [1.54, 1.807) is 43.9 Å². The van der Waals surface area contributed by atoms with Gasteiger partial charge in [0, 0.05) is 23.5 Å². The van der Waals surface area contributed by atoms with Gasteiger partial charge in [0.25, 0.3) is 5.56 Å². The van der Waals surface area contributed by atoms with Gasteiger partial charge < -0.3 is 14.6 Å². The molecule has 1 aromatic carbocycles. The minimum Gasteiger partial charge on any atom is -0.496 e. The van der Waals surface area contributed by atoms with Gasteiger partial charge in [0.05, 0.1) is 25.1 Å². The number of carbonyl (C=O) groups is 1. The molecule has 0 aliphatic carbocycles. The molecule has 0 saturated carbocycles. The number of hydrogen-bond donors (Lipinski definition) is 1. The van der Waals surface area contributed by atoms with Crippen molar-refractivity contribution in [1.29, 1.82) is 0 Å². The van der Waals surface area contributed by atoms with E-state index < -0.39 is 35.7 Å². The number of aryl methyl sites for hydroxylation is 1. The average molecular weight is 517 g/mol. The van der Waals surface area contributed by atoms with Crippen LogP contribution in [0.25, 0.3) is 15.2 Å². The third-order valence-electron chi connectivity index (χ3n) is 5.60. The lowest BCUT2D eigenvalue weighted by atomic mass is 10.1. The summed E-state index contributed by atoms with van der Waals surface area (Å²) < 4.78 is 29.3. The monoisotopic (exact) mass is 516 g/mol. The molecule has 1 atom stereocenters. The van der Waals surface area contributed by atoms with Crippen molar-refractivity contribution in [1.82, 2.24) is 18.9 Å². The highest BCUT2D eigenvalue weighted by atomic mass is 32.1. The topological polar surface area (TPSA) is 118 Å². The number of rotatable bonds is 9. The van der Waals surface area contributed by atoms with Crippen molar-refractivity contribution < 1.29 is 23.8 Å². The Morgan fingerprint density at radius 3 is 2.61 bits per heavy atom. The molecule has 0 amide bonds. The van der Waals surface area contributed by atoms with Crippen LogP contribution in [0.3, 0.4) is 0 Å². The first-order valence-electron chi connectivity index (χ1n) is 11.1. The number of ether oxygens (including phenoxy) is 2. The fraction of sp³-hybridized carbons (Fsp3) is 0.333. The first-order chi connectivity index (χ1) is 17.1. The van der Waals surface area contributed by atoms with Crippen LogP contribution in [0.15, 0.2) is 46.2 Å². The van der Waals surface area contributed by atoms with Gasteiger partial charge in [-0.2, -0.15) is 5.10 Å². The van der Waals surface area contributed by atoms with E-state index in [-0.39, 0.29) is 18.0 Å². The molecule has 10 nitrogen and oxygen atoms in total. The minimum absolute atomic E-state index is 0.119. The Hall–Kier alpha value is -3.77.